The van der Waals surface area contributed by atoms with Gasteiger partial charge in [-0.3, -0.25) is 0 Å². The lowest BCUT2D eigenvalue weighted by Gasteiger charge is -2.22. The molecule has 0 heterocycles. The van der Waals surface area contributed by atoms with E-state index in [2.05, 4.69) is 4.72 Å². The minimum atomic E-state index is -3.60. The van der Waals surface area contributed by atoms with Gasteiger partial charge in [0.05, 0.1) is 9.92 Å². The molecule has 0 spiro atoms. The molecule has 0 saturated heterocycles. The predicted octanol–water partition coefficient (Wildman–Crippen LogP) is 3.09. The molecule has 6 heteroatoms. The highest BCUT2D eigenvalue weighted by atomic mass is 35.5. The maximum absolute atomic E-state index is 13.0. The van der Waals surface area contributed by atoms with Gasteiger partial charge in [0.1, 0.15) is 5.82 Å². The Morgan fingerprint density at radius 3 is 2.50 bits per heavy atom. The molecule has 1 fully saturated rings. The second kappa shape index (κ2) is 5.55. The molecule has 1 saturated carbocycles. The van der Waals surface area contributed by atoms with Crippen LogP contribution in [0.4, 0.5) is 4.39 Å². The Kier molecular flexibility index (Phi) is 4.25. The monoisotopic (exact) mass is 291 g/mol. The molecule has 0 aromatic heterocycles. The zero-order valence-corrected chi connectivity index (χ0v) is 11.4. The van der Waals surface area contributed by atoms with Crippen LogP contribution in [0.3, 0.4) is 0 Å². The van der Waals surface area contributed by atoms with E-state index in [1.54, 1.807) is 0 Å². The van der Waals surface area contributed by atoms with Gasteiger partial charge in [0.15, 0.2) is 0 Å². The van der Waals surface area contributed by atoms with Crippen LogP contribution in [0.15, 0.2) is 23.1 Å². The summed E-state index contributed by atoms with van der Waals surface area (Å²) in [5.74, 6) is -0.617. The van der Waals surface area contributed by atoms with Crippen molar-refractivity contribution in [3.8, 4) is 0 Å². The molecule has 0 atom stereocenters. The topological polar surface area (TPSA) is 46.2 Å². The molecule has 18 heavy (non-hydrogen) atoms. The van der Waals surface area contributed by atoms with Crippen LogP contribution in [0.2, 0.25) is 5.02 Å². The first kappa shape index (κ1) is 13.8. The zero-order chi connectivity index (χ0) is 13.2. The van der Waals surface area contributed by atoms with E-state index in [9.17, 15) is 12.8 Å². The number of halogens is 2. The van der Waals surface area contributed by atoms with Crippen LogP contribution < -0.4 is 4.72 Å². The minimum absolute atomic E-state index is 0.0134. The Morgan fingerprint density at radius 1 is 1.22 bits per heavy atom. The molecule has 1 aliphatic rings. The Bertz CT molecular complexity index is 527. The third-order valence-electron chi connectivity index (χ3n) is 3.13. The molecule has 1 aromatic rings. The lowest BCUT2D eigenvalue weighted by molar-refractivity contribution is 0.412. The van der Waals surface area contributed by atoms with Gasteiger partial charge in [-0.2, -0.15) is 0 Å². The Morgan fingerprint density at radius 2 is 1.89 bits per heavy atom. The summed E-state index contributed by atoms with van der Waals surface area (Å²) < 4.78 is 39.8. The quantitative estimate of drug-likeness (QED) is 0.930. The third kappa shape index (κ3) is 3.22. The summed E-state index contributed by atoms with van der Waals surface area (Å²) in [5, 5.41) is -0.179. The number of nitrogens with one attached hydrogen (secondary N) is 1. The molecule has 2 rings (SSSR count). The first-order valence-corrected chi connectivity index (χ1v) is 7.82. The van der Waals surface area contributed by atoms with E-state index in [1.165, 1.54) is 6.07 Å². The Hall–Kier alpha value is -0.650. The Labute approximate surface area is 111 Å². The fourth-order valence-electron chi connectivity index (χ4n) is 2.15. The van der Waals surface area contributed by atoms with Crippen molar-refractivity contribution in [2.45, 2.75) is 43.0 Å². The predicted molar refractivity (Wildman–Crippen MR) is 68.6 cm³/mol. The molecule has 0 amide bonds. The van der Waals surface area contributed by atoms with E-state index in [1.807, 2.05) is 0 Å². The molecular weight excluding hydrogens is 277 g/mol. The molecule has 1 aliphatic carbocycles. The van der Waals surface area contributed by atoms with Gasteiger partial charge in [0.2, 0.25) is 10.0 Å². The van der Waals surface area contributed by atoms with E-state index in [4.69, 9.17) is 11.6 Å². The fourth-order valence-corrected chi connectivity index (χ4v) is 3.73. The molecular formula is C12H15ClFNO2S. The van der Waals surface area contributed by atoms with E-state index >= 15 is 0 Å². The summed E-state index contributed by atoms with van der Waals surface area (Å²) in [6.07, 6.45) is 4.94. The standard InChI is InChI=1S/C12H15ClFNO2S/c13-11-8-10(6-7-12(11)14)18(16,17)15-9-4-2-1-3-5-9/h6-9,15H,1-5H2. The van der Waals surface area contributed by atoms with E-state index < -0.39 is 15.8 Å². The lowest BCUT2D eigenvalue weighted by Crippen LogP contribution is -2.36. The summed E-state index contributed by atoms with van der Waals surface area (Å²) >= 11 is 5.60. The van der Waals surface area contributed by atoms with Crippen LogP contribution in [-0.2, 0) is 10.0 Å². The maximum Gasteiger partial charge on any atom is 0.240 e. The Balaban J connectivity index is 2.16. The number of sulfonamides is 1. The van der Waals surface area contributed by atoms with Gasteiger partial charge in [0.25, 0.3) is 0 Å². The summed E-state index contributed by atoms with van der Waals surface area (Å²) in [6, 6.07) is 3.42. The average molecular weight is 292 g/mol. The highest BCUT2D eigenvalue weighted by Crippen LogP contribution is 2.22. The first-order chi connectivity index (χ1) is 8.49. The van der Waals surface area contributed by atoms with Crippen molar-refractivity contribution < 1.29 is 12.8 Å². The van der Waals surface area contributed by atoms with Crippen molar-refractivity contribution in [1.82, 2.24) is 4.72 Å². The van der Waals surface area contributed by atoms with Crippen LogP contribution in [0.25, 0.3) is 0 Å². The van der Waals surface area contributed by atoms with Crippen molar-refractivity contribution in [3.63, 3.8) is 0 Å². The van der Waals surface area contributed by atoms with Crippen molar-refractivity contribution in [1.29, 1.82) is 0 Å². The smallest absolute Gasteiger partial charge is 0.208 e. The summed E-state index contributed by atoms with van der Waals surface area (Å²) in [6.45, 7) is 0. The average Bonchev–Trinajstić information content (AvgIpc) is 2.33. The van der Waals surface area contributed by atoms with Gasteiger partial charge in [-0.15, -0.1) is 0 Å². The maximum atomic E-state index is 13.0. The molecule has 3 nitrogen and oxygen atoms in total. The van der Waals surface area contributed by atoms with Gasteiger partial charge in [-0.1, -0.05) is 30.9 Å². The van der Waals surface area contributed by atoms with E-state index in [-0.39, 0.29) is 16.0 Å². The van der Waals surface area contributed by atoms with Crippen LogP contribution in [0.5, 0.6) is 0 Å². The minimum Gasteiger partial charge on any atom is -0.208 e. The van der Waals surface area contributed by atoms with Gasteiger partial charge in [-0.05, 0) is 31.0 Å². The SMILES string of the molecule is O=S(=O)(NC1CCCCC1)c1ccc(F)c(Cl)c1. The van der Waals surface area contributed by atoms with Crippen LogP contribution in [0, 0.1) is 5.82 Å². The van der Waals surface area contributed by atoms with Crippen molar-refractivity contribution >= 4 is 21.6 Å². The highest BCUT2D eigenvalue weighted by molar-refractivity contribution is 7.89. The van der Waals surface area contributed by atoms with Crippen molar-refractivity contribution in [2.24, 2.45) is 0 Å². The van der Waals surface area contributed by atoms with Gasteiger partial charge < -0.3 is 0 Å². The number of hydrogen-bond acceptors (Lipinski definition) is 2. The molecule has 1 N–H and O–H groups in total. The largest absolute Gasteiger partial charge is 0.240 e. The molecule has 0 aliphatic heterocycles. The number of hydrogen-bond donors (Lipinski definition) is 1. The second-order valence-electron chi connectivity index (χ2n) is 4.53. The fraction of sp³-hybridized carbons (Fsp3) is 0.500. The normalized spacial score (nSPS) is 17.9. The first-order valence-electron chi connectivity index (χ1n) is 5.96. The van der Waals surface area contributed by atoms with E-state index in [0.717, 1.165) is 44.2 Å². The molecule has 1 aromatic carbocycles. The third-order valence-corrected chi connectivity index (χ3v) is 4.94. The molecule has 100 valence electrons. The van der Waals surface area contributed by atoms with E-state index in [0.29, 0.717) is 0 Å². The number of rotatable bonds is 3. The van der Waals surface area contributed by atoms with Crippen molar-refractivity contribution in [3.05, 3.63) is 29.0 Å². The highest BCUT2D eigenvalue weighted by Gasteiger charge is 2.22. The molecule has 0 unspecified atom stereocenters. The second-order valence-corrected chi connectivity index (χ2v) is 6.65. The van der Waals surface area contributed by atoms with Gasteiger partial charge in [0, 0.05) is 6.04 Å². The van der Waals surface area contributed by atoms with Gasteiger partial charge >= 0.3 is 0 Å². The lowest BCUT2D eigenvalue weighted by atomic mass is 9.96. The summed E-state index contributed by atoms with van der Waals surface area (Å²) in [5.41, 5.74) is 0. The molecule has 0 radical (unpaired) electrons. The van der Waals surface area contributed by atoms with Crippen LogP contribution in [0.1, 0.15) is 32.1 Å². The zero-order valence-electron chi connectivity index (χ0n) is 9.83. The van der Waals surface area contributed by atoms with Gasteiger partial charge in [-0.25, -0.2) is 17.5 Å². The van der Waals surface area contributed by atoms with Crippen molar-refractivity contribution in [2.75, 3.05) is 0 Å². The summed E-state index contributed by atoms with van der Waals surface area (Å²) in [4.78, 5) is 0.0134. The van der Waals surface area contributed by atoms with Crippen LogP contribution >= 0.6 is 11.6 Å². The summed E-state index contributed by atoms with van der Waals surface area (Å²) in [7, 11) is -3.60. The number of benzene rings is 1. The molecule has 0 bridgehead atoms. The van der Waals surface area contributed by atoms with Crippen LogP contribution in [-0.4, -0.2) is 14.5 Å².